The standard InChI is InChI=1S/C14H19ClN2O4/c1-4-7-14(2,12(18)19)17-13(20)16-11-8-9(21-3)5-6-10(11)15/h5-6,8H,4,7H2,1-3H3,(H,18,19)(H2,16,17,20). The molecule has 0 aliphatic carbocycles. The molecular formula is C14H19ClN2O4. The second-order valence-electron chi connectivity index (χ2n) is 4.81. The largest absolute Gasteiger partial charge is 0.497 e. The van der Waals surface area contributed by atoms with Gasteiger partial charge in [0.05, 0.1) is 17.8 Å². The molecule has 0 aliphatic heterocycles. The maximum atomic E-state index is 12.0. The van der Waals surface area contributed by atoms with E-state index in [1.807, 2.05) is 6.92 Å². The van der Waals surface area contributed by atoms with E-state index in [1.165, 1.54) is 14.0 Å². The van der Waals surface area contributed by atoms with Gasteiger partial charge in [-0.15, -0.1) is 0 Å². The maximum Gasteiger partial charge on any atom is 0.329 e. The Kier molecular flexibility index (Phi) is 5.84. The molecular weight excluding hydrogens is 296 g/mol. The zero-order chi connectivity index (χ0) is 16.0. The van der Waals surface area contributed by atoms with Gasteiger partial charge in [-0.2, -0.15) is 0 Å². The fraction of sp³-hybridized carbons (Fsp3) is 0.429. The number of carboxylic acid groups (broad SMARTS) is 1. The van der Waals surface area contributed by atoms with E-state index in [1.54, 1.807) is 18.2 Å². The van der Waals surface area contributed by atoms with Crippen molar-refractivity contribution >= 4 is 29.3 Å². The highest BCUT2D eigenvalue weighted by atomic mass is 35.5. The Morgan fingerprint density at radius 2 is 2.10 bits per heavy atom. The van der Waals surface area contributed by atoms with Crippen molar-refractivity contribution in [3.8, 4) is 5.75 Å². The van der Waals surface area contributed by atoms with Crippen LogP contribution in [0.3, 0.4) is 0 Å². The van der Waals surface area contributed by atoms with E-state index in [2.05, 4.69) is 10.6 Å². The fourth-order valence-corrected chi connectivity index (χ4v) is 2.02. The molecule has 116 valence electrons. The van der Waals surface area contributed by atoms with Gasteiger partial charge in [-0.3, -0.25) is 0 Å². The second-order valence-corrected chi connectivity index (χ2v) is 5.22. The minimum Gasteiger partial charge on any atom is -0.497 e. The highest BCUT2D eigenvalue weighted by molar-refractivity contribution is 6.33. The number of carboxylic acids is 1. The average molecular weight is 315 g/mol. The fourth-order valence-electron chi connectivity index (χ4n) is 1.85. The van der Waals surface area contributed by atoms with Crippen LogP contribution in [-0.4, -0.2) is 29.8 Å². The average Bonchev–Trinajstić information content (AvgIpc) is 2.41. The number of hydrogen-bond donors (Lipinski definition) is 3. The topological polar surface area (TPSA) is 87.7 Å². The van der Waals surface area contributed by atoms with Crippen molar-refractivity contribution in [2.75, 3.05) is 12.4 Å². The molecule has 0 bridgehead atoms. The lowest BCUT2D eigenvalue weighted by Gasteiger charge is -2.26. The predicted octanol–water partition coefficient (Wildman–Crippen LogP) is 3.11. The molecule has 0 heterocycles. The Hall–Kier alpha value is -1.95. The summed E-state index contributed by atoms with van der Waals surface area (Å²) in [4.78, 5) is 23.3. The van der Waals surface area contributed by atoms with E-state index < -0.39 is 17.5 Å². The van der Waals surface area contributed by atoms with Crippen LogP contribution in [0.5, 0.6) is 5.75 Å². The van der Waals surface area contributed by atoms with Gasteiger partial charge in [-0.05, 0) is 25.5 Å². The number of carbonyl (C=O) groups excluding carboxylic acids is 1. The summed E-state index contributed by atoms with van der Waals surface area (Å²) in [6, 6.07) is 4.16. The lowest BCUT2D eigenvalue weighted by atomic mass is 9.97. The number of methoxy groups -OCH3 is 1. The number of anilines is 1. The van der Waals surface area contributed by atoms with Crippen LogP contribution >= 0.6 is 11.6 Å². The normalized spacial score (nSPS) is 13.1. The van der Waals surface area contributed by atoms with Gasteiger partial charge in [-0.1, -0.05) is 24.9 Å². The van der Waals surface area contributed by atoms with Crippen LogP contribution in [0.4, 0.5) is 10.5 Å². The number of amides is 2. The molecule has 0 saturated carbocycles. The third-order valence-corrected chi connectivity index (χ3v) is 3.36. The Bertz CT molecular complexity index is 536. The molecule has 0 fully saturated rings. The maximum absolute atomic E-state index is 12.0. The Labute approximate surface area is 128 Å². The molecule has 1 unspecified atom stereocenters. The van der Waals surface area contributed by atoms with Gasteiger partial charge in [0.15, 0.2) is 0 Å². The van der Waals surface area contributed by atoms with E-state index in [4.69, 9.17) is 16.3 Å². The number of benzene rings is 1. The van der Waals surface area contributed by atoms with Gasteiger partial charge >= 0.3 is 12.0 Å². The SMILES string of the molecule is CCCC(C)(NC(=O)Nc1cc(OC)ccc1Cl)C(=O)O. The van der Waals surface area contributed by atoms with Crippen LogP contribution in [0, 0.1) is 0 Å². The second kappa shape index (κ2) is 7.17. The van der Waals surface area contributed by atoms with Crippen molar-refractivity contribution < 1.29 is 19.4 Å². The van der Waals surface area contributed by atoms with Crippen molar-refractivity contribution in [2.24, 2.45) is 0 Å². The molecule has 0 radical (unpaired) electrons. The molecule has 2 amide bonds. The van der Waals surface area contributed by atoms with Crippen LogP contribution in [0.15, 0.2) is 18.2 Å². The van der Waals surface area contributed by atoms with Gasteiger partial charge in [0, 0.05) is 6.07 Å². The summed E-state index contributed by atoms with van der Waals surface area (Å²) in [6.45, 7) is 3.31. The van der Waals surface area contributed by atoms with Crippen LogP contribution in [0.1, 0.15) is 26.7 Å². The highest BCUT2D eigenvalue weighted by Crippen LogP contribution is 2.26. The number of nitrogens with one attached hydrogen (secondary N) is 2. The van der Waals surface area contributed by atoms with Crippen LogP contribution < -0.4 is 15.4 Å². The molecule has 1 rings (SSSR count). The first-order valence-corrected chi connectivity index (χ1v) is 6.86. The van der Waals surface area contributed by atoms with Crippen molar-refractivity contribution in [3.63, 3.8) is 0 Å². The van der Waals surface area contributed by atoms with Crippen molar-refractivity contribution in [1.29, 1.82) is 0 Å². The van der Waals surface area contributed by atoms with Crippen molar-refractivity contribution in [1.82, 2.24) is 5.32 Å². The number of rotatable bonds is 6. The lowest BCUT2D eigenvalue weighted by Crippen LogP contribution is -2.53. The number of carbonyl (C=O) groups is 2. The molecule has 0 spiro atoms. The van der Waals surface area contributed by atoms with E-state index in [0.29, 0.717) is 29.3 Å². The summed E-state index contributed by atoms with van der Waals surface area (Å²) >= 11 is 5.98. The Balaban J connectivity index is 2.84. The summed E-state index contributed by atoms with van der Waals surface area (Å²) in [6.07, 6.45) is 0.949. The zero-order valence-electron chi connectivity index (χ0n) is 12.2. The van der Waals surface area contributed by atoms with Gasteiger partial charge in [-0.25, -0.2) is 9.59 Å². The van der Waals surface area contributed by atoms with E-state index >= 15 is 0 Å². The summed E-state index contributed by atoms with van der Waals surface area (Å²) in [5, 5.41) is 14.5. The third-order valence-electron chi connectivity index (χ3n) is 3.03. The predicted molar refractivity (Wildman–Crippen MR) is 81.1 cm³/mol. The Morgan fingerprint density at radius 1 is 1.43 bits per heavy atom. The van der Waals surface area contributed by atoms with Crippen molar-refractivity contribution in [3.05, 3.63) is 23.2 Å². The monoisotopic (exact) mass is 314 g/mol. The van der Waals surface area contributed by atoms with Gasteiger partial charge in [0.25, 0.3) is 0 Å². The Morgan fingerprint density at radius 3 is 2.62 bits per heavy atom. The summed E-state index contributed by atoms with van der Waals surface area (Å²) in [7, 11) is 1.50. The summed E-state index contributed by atoms with van der Waals surface area (Å²) in [5.74, 6) is -0.555. The number of hydrogen-bond acceptors (Lipinski definition) is 3. The first-order chi connectivity index (χ1) is 9.82. The van der Waals surface area contributed by atoms with E-state index in [0.717, 1.165) is 0 Å². The number of ether oxygens (including phenoxy) is 1. The highest BCUT2D eigenvalue weighted by Gasteiger charge is 2.33. The van der Waals surface area contributed by atoms with Crippen LogP contribution in [0.2, 0.25) is 5.02 Å². The van der Waals surface area contributed by atoms with E-state index in [-0.39, 0.29) is 0 Å². The van der Waals surface area contributed by atoms with Gasteiger partial charge < -0.3 is 20.5 Å². The number of urea groups is 1. The molecule has 6 nitrogen and oxygen atoms in total. The molecule has 0 aromatic heterocycles. The smallest absolute Gasteiger partial charge is 0.329 e. The summed E-state index contributed by atoms with van der Waals surface area (Å²) < 4.78 is 5.04. The zero-order valence-corrected chi connectivity index (χ0v) is 13.0. The molecule has 1 atom stereocenters. The molecule has 0 aliphatic rings. The molecule has 1 aromatic rings. The lowest BCUT2D eigenvalue weighted by molar-refractivity contribution is -0.143. The third kappa shape index (κ3) is 4.53. The minimum absolute atomic E-state index is 0.321. The summed E-state index contributed by atoms with van der Waals surface area (Å²) in [5.41, 5.74) is -0.984. The van der Waals surface area contributed by atoms with Crippen LogP contribution in [0.25, 0.3) is 0 Å². The molecule has 3 N–H and O–H groups in total. The van der Waals surface area contributed by atoms with Crippen molar-refractivity contribution in [2.45, 2.75) is 32.2 Å². The number of halogens is 1. The van der Waals surface area contributed by atoms with Gasteiger partial charge in [0.2, 0.25) is 0 Å². The first-order valence-electron chi connectivity index (χ1n) is 6.48. The number of aliphatic carboxylic acids is 1. The first kappa shape index (κ1) is 17.1. The molecule has 0 saturated heterocycles. The van der Waals surface area contributed by atoms with Gasteiger partial charge in [0.1, 0.15) is 11.3 Å². The van der Waals surface area contributed by atoms with E-state index in [9.17, 15) is 14.7 Å². The minimum atomic E-state index is -1.33. The molecule has 7 heteroatoms. The quantitative estimate of drug-likeness (QED) is 0.753. The molecule has 21 heavy (non-hydrogen) atoms. The molecule has 1 aromatic carbocycles. The van der Waals surface area contributed by atoms with Crippen LogP contribution in [-0.2, 0) is 4.79 Å².